The van der Waals surface area contributed by atoms with Gasteiger partial charge in [0, 0.05) is 48.3 Å². The molecule has 0 bridgehead atoms. The predicted octanol–water partition coefficient (Wildman–Crippen LogP) is 4.29. The number of carbonyl (C=O) groups is 1. The minimum absolute atomic E-state index is 0.156. The minimum atomic E-state index is -0.833. The van der Waals surface area contributed by atoms with Crippen molar-refractivity contribution >= 4 is 27.9 Å². The van der Waals surface area contributed by atoms with Gasteiger partial charge in [0.05, 0.1) is 11.0 Å². The van der Waals surface area contributed by atoms with Crippen LogP contribution in [-0.2, 0) is 17.9 Å². The van der Waals surface area contributed by atoms with Crippen molar-refractivity contribution in [3.63, 3.8) is 0 Å². The summed E-state index contributed by atoms with van der Waals surface area (Å²) in [5.74, 6) is 1.10. The van der Waals surface area contributed by atoms with E-state index in [0.29, 0.717) is 41.4 Å². The zero-order chi connectivity index (χ0) is 27.4. The van der Waals surface area contributed by atoms with Gasteiger partial charge in [-0.05, 0) is 36.7 Å². The Bertz CT molecular complexity index is 1690. The molecule has 10 nitrogen and oxygen atoms in total. The molecule has 0 amide bonds. The molecular formula is C29H28N4O6. The van der Waals surface area contributed by atoms with Crippen molar-refractivity contribution in [1.29, 1.82) is 0 Å². The van der Waals surface area contributed by atoms with Gasteiger partial charge in [-0.15, -0.1) is 0 Å². The lowest BCUT2D eigenvalue weighted by atomic mass is 10.1. The number of benzene rings is 3. The summed E-state index contributed by atoms with van der Waals surface area (Å²) in [6, 6.07) is 19.5. The van der Waals surface area contributed by atoms with Crippen LogP contribution >= 0.6 is 0 Å². The van der Waals surface area contributed by atoms with Gasteiger partial charge in [-0.2, -0.15) is 0 Å². The van der Waals surface area contributed by atoms with Gasteiger partial charge in [-0.3, -0.25) is 9.59 Å². The van der Waals surface area contributed by atoms with Crippen LogP contribution in [0.5, 0.6) is 17.2 Å². The first kappa shape index (κ1) is 25.8. The Hall–Kier alpha value is -4.83. The van der Waals surface area contributed by atoms with Crippen molar-refractivity contribution in [1.82, 2.24) is 14.5 Å². The molecule has 4 N–H and O–H groups in total. The second-order valence-electron chi connectivity index (χ2n) is 8.99. The molecule has 0 fully saturated rings. The third-order valence-corrected chi connectivity index (χ3v) is 6.15. The maximum Gasteiger partial charge on any atom is 0.300 e. The molecule has 10 heteroatoms. The Kier molecular flexibility index (Phi) is 7.46. The van der Waals surface area contributed by atoms with Gasteiger partial charge >= 0.3 is 0 Å². The molecule has 200 valence electrons. The third kappa shape index (κ3) is 5.70. The molecule has 0 radical (unpaired) electrons. The fourth-order valence-electron chi connectivity index (χ4n) is 4.40. The molecule has 0 saturated carbocycles. The topological polar surface area (TPSA) is 142 Å². The molecule has 3 aromatic carbocycles. The Morgan fingerprint density at radius 3 is 2.62 bits per heavy atom. The molecule has 6 rings (SSSR count). The number of aryl methyl sites for hydroxylation is 1. The Morgan fingerprint density at radius 1 is 1.13 bits per heavy atom. The van der Waals surface area contributed by atoms with Gasteiger partial charge in [0.2, 0.25) is 6.79 Å². The van der Waals surface area contributed by atoms with Crippen LogP contribution < -0.4 is 25.5 Å². The quantitative estimate of drug-likeness (QED) is 0.284. The third-order valence-electron chi connectivity index (χ3n) is 6.15. The fraction of sp³-hybridized carbons (Fsp3) is 0.207. The van der Waals surface area contributed by atoms with Crippen LogP contribution in [0, 0.1) is 0 Å². The molecule has 2 aromatic heterocycles. The van der Waals surface area contributed by atoms with Crippen molar-refractivity contribution < 1.29 is 24.1 Å². The Labute approximate surface area is 223 Å². The smallest absolute Gasteiger partial charge is 0.300 e. The van der Waals surface area contributed by atoms with Gasteiger partial charge in [0.1, 0.15) is 18.1 Å². The number of fused-ring (bicyclic) bond motifs is 3. The highest BCUT2D eigenvalue weighted by molar-refractivity contribution is 5.97. The summed E-state index contributed by atoms with van der Waals surface area (Å²) in [7, 11) is 0. The molecule has 39 heavy (non-hydrogen) atoms. The van der Waals surface area contributed by atoms with Gasteiger partial charge in [0.15, 0.2) is 11.5 Å². The second kappa shape index (κ2) is 11.3. The number of hydrogen-bond acceptors (Lipinski definition) is 7. The van der Waals surface area contributed by atoms with Gasteiger partial charge in [0.25, 0.3) is 11.5 Å². The molecule has 3 heterocycles. The number of carboxylic acid groups (broad SMARTS) is 1. The summed E-state index contributed by atoms with van der Waals surface area (Å²) >= 11 is 0. The van der Waals surface area contributed by atoms with E-state index in [1.807, 2.05) is 54.7 Å². The molecular weight excluding hydrogens is 500 g/mol. The van der Waals surface area contributed by atoms with Crippen molar-refractivity contribution in [2.75, 3.05) is 13.3 Å². The van der Waals surface area contributed by atoms with Crippen LogP contribution in [0.4, 0.5) is 0 Å². The lowest BCUT2D eigenvalue weighted by Crippen LogP contribution is -2.11. The average Bonchev–Trinajstić information content (AvgIpc) is 3.53. The van der Waals surface area contributed by atoms with Crippen LogP contribution in [0.2, 0.25) is 0 Å². The highest BCUT2D eigenvalue weighted by Gasteiger charge is 2.19. The zero-order valence-corrected chi connectivity index (χ0v) is 21.3. The molecule has 1 aliphatic heterocycles. The molecule has 0 saturated heterocycles. The molecule has 0 atom stereocenters. The SMILES string of the molecule is CC(=O)O.NCCCn1cc(-c2nc3cc4c(cc3[nH]c2=O)OCO4)c2cc(OCc3ccccc3)ccc21. The summed E-state index contributed by atoms with van der Waals surface area (Å²) in [4.78, 5) is 29.8. The van der Waals surface area contributed by atoms with Gasteiger partial charge < -0.3 is 34.6 Å². The lowest BCUT2D eigenvalue weighted by molar-refractivity contribution is -0.134. The van der Waals surface area contributed by atoms with Crippen LogP contribution in [0.15, 0.2) is 71.7 Å². The summed E-state index contributed by atoms with van der Waals surface area (Å²) in [6.07, 6.45) is 2.79. The molecule has 0 aliphatic carbocycles. The van der Waals surface area contributed by atoms with Crippen molar-refractivity contribution in [3.8, 4) is 28.5 Å². The summed E-state index contributed by atoms with van der Waals surface area (Å²) in [5.41, 5.74) is 9.87. The number of rotatable bonds is 7. The number of aromatic nitrogens is 3. The summed E-state index contributed by atoms with van der Waals surface area (Å²) in [5, 5.41) is 8.31. The number of nitrogens with one attached hydrogen (secondary N) is 1. The molecule has 0 spiro atoms. The number of ether oxygens (including phenoxy) is 3. The highest BCUT2D eigenvalue weighted by atomic mass is 16.7. The van der Waals surface area contributed by atoms with E-state index < -0.39 is 5.97 Å². The zero-order valence-electron chi connectivity index (χ0n) is 21.3. The predicted molar refractivity (Wildman–Crippen MR) is 147 cm³/mol. The Balaban J connectivity index is 0.000000723. The van der Waals surface area contributed by atoms with Crippen LogP contribution in [-0.4, -0.2) is 38.9 Å². The molecule has 1 aliphatic rings. The van der Waals surface area contributed by atoms with Gasteiger partial charge in [-0.25, -0.2) is 4.98 Å². The summed E-state index contributed by atoms with van der Waals surface area (Å²) in [6.45, 7) is 3.01. The number of aliphatic carboxylic acids is 1. The number of aromatic amines is 1. The average molecular weight is 529 g/mol. The van der Waals surface area contributed by atoms with E-state index in [4.69, 9.17) is 34.8 Å². The van der Waals surface area contributed by atoms with E-state index in [9.17, 15) is 4.79 Å². The first-order valence-corrected chi connectivity index (χ1v) is 12.5. The van der Waals surface area contributed by atoms with E-state index in [-0.39, 0.29) is 12.4 Å². The maximum atomic E-state index is 13.1. The number of nitrogens with zero attached hydrogens (tertiary/aromatic N) is 2. The normalized spacial score (nSPS) is 11.8. The monoisotopic (exact) mass is 528 g/mol. The highest BCUT2D eigenvalue weighted by Crippen LogP contribution is 2.36. The largest absolute Gasteiger partial charge is 0.489 e. The van der Waals surface area contributed by atoms with E-state index in [1.54, 1.807) is 12.1 Å². The van der Waals surface area contributed by atoms with Gasteiger partial charge in [-0.1, -0.05) is 30.3 Å². The Morgan fingerprint density at radius 2 is 1.87 bits per heavy atom. The lowest BCUT2D eigenvalue weighted by Gasteiger charge is -2.08. The number of nitrogens with two attached hydrogens (primary N) is 1. The fourth-order valence-corrected chi connectivity index (χ4v) is 4.40. The first-order valence-electron chi connectivity index (χ1n) is 12.5. The molecule has 0 unspecified atom stereocenters. The van der Waals surface area contributed by atoms with E-state index in [0.717, 1.165) is 47.7 Å². The van der Waals surface area contributed by atoms with E-state index in [2.05, 4.69) is 9.55 Å². The molecule has 5 aromatic rings. The number of carboxylic acids is 1. The summed E-state index contributed by atoms with van der Waals surface area (Å²) < 4.78 is 19.1. The van der Waals surface area contributed by atoms with Crippen molar-refractivity contribution in [2.24, 2.45) is 5.73 Å². The van der Waals surface area contributed by atoms with Crippen LogP contribution in [0.3, 0.4) is 0 Å². The van der Waals surface area contributed by atoms with Crippen molar-refractivity contribution in [3.05, 3.63) is 82.8 Å². The standard InChI is InChI=1S/C27H24N4O4.C2H4O2/c28-9-4-10-31-14-20(19-11-18(7-8-23(19)31)33-15-17-5-2-1-3-6-17)26-27(32)30-22-13-25-24(34-16-35-25)12-21(22)29-26;1-2(3)4/h1-3,5-8,11-14H,4,9-10,15-16,28H2,(H,30,32);1H3,(H,3,4). The van der Waals surface area contributed by atoms with E-state index >= 15 is 0 Å². The number of H-pyrrole nitrogens is 1. The second-order valence-corrected chi connectivity index (χ2v) is 8.99. The van der Waals surface area contributed by atoms with Crippen molar-refractivity contribution in [2.45, 2.75) is 26.5 Å². The van der Waals surface area contributed by atoms with E-state index in [1.165, 1.54) is 0 Å². The minimum Gasteiger partial charge on any atom is -0.489 e. The van der Waals surface area contributed by atoms with Crippen LogP contribution in [0.1, 0.15) is 18.9 Å². The van der Waals surface area contributed by atoms with Crippen LogP contribution in [0.25, 0.3) is 33.2 Å². The maximum absolute atomic E-state index is 13.1. The first-order chi connectivity index (χ1) is 18.9. The number of hydrogen-bond donors (Lipinski definition) is 3.